The second-order valence-corrected chi connectivity index (χ2v) is 5.18. The largest absolute Gasteiger partial charge is 0.488 e. The fourth-order valence-electron chi connectivity index (χ4n) is 2.26. The molecule has 0 aromatic heterocycles. The van der Waals surface area contributed by atoms with Gasteiger partial charge in [-0.1, -0.05) is 24.4 Å². The first-order valence-corrected chi connectivity index (χ1v) is 6.65. The van der Waals surface area contributed by atoms with Gasteiger partial charge in [0.2, 0.25) is 0 Å². The maximum Gasteiger partial charge on any atom is 0.124 e. The van der Waals surface area contributed by atoms with Crippen LogP contribution >= 0.6 is 11.6 Å². The molecule has 2 unspecified atom stereocenters. The van der Waals surface area contributed by atoms with Crippen molar-refractivity contribution < 1.29 is 9.84 Å². The van der Waals surface area contributed by atoms with Gasteiger partial charge in [-0.15, -0.1) is 0 Å². The molecule has 0 spiro atoms. The van der Waals surface area contributed by atoms with E-state index in [1.54, 1.807) is 0 Å². The highest BCUT2D eigenvalue weighted by Gasteiger charge is 2.23. The lowest BCUT2D eigenvalue weighted by Gasteiger charge is -2.22. The number of aliphatic hydroxyl groups excluding tert-OH is 1. The van der Waals surface area contributed by atoms with Gasteiger partial charge in [-0.25, -0.2) is 0 Å². The smallest absolute Gasteiger partial charge is 0.124 e. The fourth-order valence-corrected chi connectivity index (χ4v) is 2.37. The predicted molar refractivity (Wildman–Crippen MR) is 69.7 cm³/mol. The number of benzene rings is 1. The number of aliphatic hydroxyl groups is 1. The van der Waals surface area contributed by atoms with Crippen molar-refractivity contribution in [2.24, 2.45) is 0 Å². The molecule has 2 nitrogen and oxygen atoms in total. The van der Waals surface area contributed by atoms with Crippen molar-refractivity contribution in [2.75, 3.05) is 0 Å². The summed E-state index contributed by atoms with van der Waals surface area (Å²) in [6, 6.07) is 5.64. The van der Waals surface area contributed by atoms with E-state index in [2.05, 4.69) is 0 Å². The first-order chi connectivity index (χ1) is 8.16. The van der Waals surface area contributed by atoms with Crippen LogP contribution in [0, 0.1) is 6.92 Å². The van der Waals surface area contributed by atoms with E-state index >= 15 is 0 Å². The number of hydrogen-bond donors (Lipinski definition) is 1. The van der Waals surface area contributed by atoms with E-state index in [-0.39, 0.29) is 12.2 Å². The zero-order valence-electron chi connectivity index (χ0n) is 10.2. The van der Waals surface area contributed by atoms with E-state index in [0.717, 1.165) is 42.0 Å². The van der Waals surface area contributed by atoms with Gasteiger partial charge in [0.05, 0.1) is 6.10 Å². The maximum atomic E-state index is 9.98. The van der Waals surface area contributed by atoms with Crippen LogP contribution in [0.1, 0.15) is 37.7 Å². The lowest BCUT2D eigenvalue weighted by molar-refractivity contribution is 0.0319. The molecule has 1 N–H and O–H groups in total. The third-order valence-corrected chi connectivity index (χ3v) is 3.76. The van der Waals surface area contributed by atoms with Crippen LogP contribution in [-0.4, -0.2) is 17.3 Å². The fraction of sp³-hybridized carbons (Fsp3) is 0.571. The van der Waals surface area contributed by atoms with Crippen LogP contribution in [0.4, 0.5) is 0 Å². The lowest BCUT2D eigenvalue weighted by atomic mass is 10.1. The summed E-state index contributed by atoms with van der Waals surface area (Å²) < 4.78 is 5.87. The topological polar surface area (TPSA) is 29.5 Å². The highest BCUT2D eigenvalue weighted by Crippen LogP contribution is 2.26. The third-order valence-electron chi connectivity index (χ3n) is 3.33. The van der Waals surface area contributed by atoms with Crippen LogP contribution in [0.15, 0.2) is 18.2 Å². The van der Waals surface area contributed by atoms with Crippen LogP contribution in [0.5, 0.6) is 5.75 Å². The highest BCUT2D eigenvalue weighted by molar-refractivity contribution is 6.31. The predicted octanol–water partition coefficient (Wildman–Crippen LogP) is 3.72. The number of aryl methyl sites for hydroxylation is 1. The summed E-state index contributed by atoms with van der Waals surface area (Å²) >= 11 is 5.97. The van der Waals surface area contributed by atoms with Crippen LogP contribution in [-0.2, 0) is 0 Å². The Morgan fingerprint density at radius 3 is 2.76 bits per heavy atom. The monoisotopic (exact) mass is 254 g/mol. The molecule has 0 bridgehead atoms. The van der Waals surface area contributed by atoms with Crippen LogP contribution in [0.2, 0.25) is 5.02 Å². The average molecular weight is 255 g/mol. The summed E-state index contributed by atoms with van der Waals surface area (Å²) in [5.41, 5.74) is 1.01. The Morgan fingerprint density at radius 2 is 2.00 bits per heavy atom. The molecule has 17 heavy (non-hydrogen) atoms. The molecule has 94 valence electrons. The Kier molecular flexibility index (Phi) is 4.30. The molecule has 0 heterocycles. The van der Waals surface area contributed by atoms with Crippen LogP contribution in [0.25, 0.3) is 0 Å². The molecule has 2 rings (SSSR count). The maximum absolute atomic E-state index is 9.98. The van der Waals surface area contributed by atoms with E-state index < -0.39 is 0 Å². The second kappa shape index (κ2) is 5.74. The Labute approximate surface area is 108 Å². The van der Waals surface area contributed by atoms with Crippen molar-refractivity contribution in [3.05, 3.63) is 28.8 Å². The van der Waals surface area contributed by atoms with E-state index in [9.17, 15) is 5.11 Å². The minimum absolute atomic E-state index is 0.0712. The van der Waals surface area contributed by atoms with Crippen molar-refractivity contribution >= 4 is 11.6 Å². The second-order valence-electron chi connectivity index (χ2n) is 4.77. The van der Waals surface area contributed by atoms with E-state index in [4.69, 9.17) is 16.3 Å². The lowest BCUT2D eigenvalue weighted by Crippen LogP contribution is -2.30. The number of ether oxygens (including phenoxy) is 1. The zero-order valence-corrected chi connectivity index (χ0v) is 10.9. The van der Waals surface area contributed by atoms with Crippen molar-refractivity contribution in [1.82, 2.24) is 0 Å². The molecule has 1 saturated carbocycles. The molecule has 1 aromatic rings. The van der Waals surface area contributed by atoms with E-state index in [0.29, 0.717) is 0 Å². The molecule has 2 atom stereocenters. The quantitative estimate of drug-likeness (QED) is 0.815. The Balaban J connectivity index is 2.05. The van der Waals surface area contributed by atoms with Gasteiger partial charge in [0.1, 0.15) is 11.9 Å². The van der Waals surface area contributed by atoms with Gasteiger partial charge >= 0.3 is 0 Å². The van der Waals surface area contributed by atoms with Gasteiger partial charge in [0, 0.05) is 5.02 Å². The van der Waals surface area contributed by atoms with Crippen molar-refractivity contribution in [3.63, 3.8) is 0 Å². The Bertz CT molecular complexity index is 378. The summed E-state index contributed by atoms with van der Waals surface area (Å²) in [6.45, 7) is 1.96. The van der Waals surface area contributed by atoms with Gasteiger partial charge < -0.3 is 9.84 Å². The first kappa shape index (κ1) is 12.7. The first-order valence-electron chi connectivity index (χ1n) is 6.27. The summed E-state index contributed by atoms with van der Waals surface area (Å²) in [7, 11) is 0. The molecule has 0 amide bonds. The van der Waals surface area contributed by atoms with Crippen molar-refractivity contribution in [3.8, 4) is 5.75 Å². The zero-order chi connectivity index (χ0) is 12.3. The van der Waals surface area contributed by atoms with Gasteiger partial charge in [-0.3, -0.25) is 0 Å². The molecule has 0 saturated heterocycles. The normalized spacial score (nSPS) is 25.4. The molecule has 0 radical (unpaired) electrons. The van der Waals surface area contributed by atoms with E-state index in [1.807, 2.05) is 25.1 Å². The average Bonchev–Trinajstić information content (AvgIpc) is 2.50. The van der Waals surface area contributed by atoms with Crippen LogP contribution in [0.3, 0.4) is 0 Å². The number of rotatable bonds is 2. The molecule has 0 aliphatic heterocycles. The standard InChI is InChI=1S/C14H19ClO2/c1-10-9-11(7-8-12(10)15)17-14-6-4-2-3-5-13(14)16/h7-9,13-14,16H,2-6H2,1H3. The molecule has 1 aliphatic carbocycles. The van der Waals surface area contributed by atoms with Gasteiger partial charge in [0.25, 0.3) is 0 Å². The number of halogens is 1. The molecule has 3 heteroatoms. The summed E-state index contributed by atoms with van der Waals surface area (Å²) in [6.07, 6.45) is 4.79. The summed E-state index contributed by atoms with van der Waals surface area (Å²) in [5, 5.41) is 10.7. The van der Waals surface area contributed by atoms with Crippen molar-refractivity contribution in [2.45, 2.75) is 51.2 Å². The molecule has 1 fully saturated rings. The molecular weight excluding hydrogens is 236 g/mol. The summed E-state index contributed by atoms with van der Waals surface area (Å²) in [5.74, 6) is 0.804. The van der Waals surface area contributed by atoms with Gasteiger partial charge in [-0.2, -0.15) is 0 Å². The SMILES string of the molecule is Cc1cc(OC2CCCCCC2O)ccc1Cl. The van der Waals surface area contributed by atoms with Gasteiger partial charge in [0.15, 0.2) is 0 Å². The third kappa shape index (κ3) is 3.36. The molecule has 1 aromatic carbocycles. The molecular formula is C14H19ClO2. The van der Waals surface area contributed by atoms with E-state index in [1.165, 1.54) is 6.42 Å². The minimum Gasteiger partial charge on any atom is -0.488 e. The molecule has 1 aliphatic rings. The van der Waals surface area contributed by atoms with Gasteiger partial charge in [-0.05, 0) is 49.9 Å². The van der Waals surface area contributed by atoms with Crippen molar-refractivity contribution in [1.29, 1.82) is 0 Å². The minimum atomic E-state index is -0.339. The number of hydrogen-bond acceptors (Lipinski definition) is 2. The summed E-state index contributed by atoms with van der Waals surface area (Å²) in [4.78, 5) is 0. The van der Waals surface area contributed by atoms with Crippen LogP contribution < -0.4 is 4.74 Å². The Hall–Kier alpha value is -0.730. The Morgan fingerprint density at radius 1 is 1.24 bits per heavy atom. The highest BCUT2D eigenvalue weighted by atomic mass is 35.5.